The van der Waals surface area contributed by atoms with Crippen molar-refractivity contribution in [3.8, 4) is 0 Å². The van der Waals surface area contributed by atoms with Crippen LogP contribution in [0.4, 0.5) is 0 Å². The first kappa shape index (κ1) is 12.0. The fourth-order valence-electron chi connectivity index (χ4n) is 4.34. The van der Waals surface area contributed by atoms with Gasteiger partial charge >= 0.3 is 0 Å². The fraction of sp³-hybridized carbons (Fsp3) is 1.00. The van der Waals surface area contributed by atoms with Gasteiger partial charge in [0.25, 0.3) is 0 Å². The smallest absolute Gasteiger partial charge is 0.0249 e. The molecule has 2 heteroatoms. The Hall–Kier alpha value is -0.0800. The highest BCUT2D eigenvalue weighted by atomic mass is 15.2. The van der Waals surface area contributed by atoms with E-state index in [2.05, 4.69) is 17.1 Å². The number of piperidine rings is 1. The number of hydrogen-bond donors (Lipinski definition) is 1. The molecule has 3 rings (SSSR count). The summed E-state index contributed by atoms with van der Waals surface area (Å²) in [6.45, 7) is 5.07. The molecule has 98 valence electrons. The molecular weight excluding hydrogens is 208 g/mol. The third kappa shape index (κ3) is 2.53. The lowest BCUT2D eigenvalue weighted by Gasteiger charge is -2.33. The summed E-state index contributed by atoms with van der Waals surface area (Å²) in [5.74, 6) is 1.01. The summed E-state index contributed by atoms with van der Waals surface area (Å²) in [6.07, 6.45) is 11.5. The molecule has 1 N–H and O–H groups in total. The van der Waals surface area contributed by atoms with Crippen molar-refractivity contribution in [2.75, 3.05) is 13.1 Å². The van der Waals surface area contributed by atoms with Crippen molar-refractivity contribution in [1.29, 1.82) is 0 Å². The van der Waals surface area contributed by atoms with Gasteiger partial charge in [-0.1, -0.05) is 19.8 Å². The summed E-state index contributed by atoms with van der Waals surface area (Å²) < 4.78 is 0. The minimum atomic E-state index is 0.816. The Balaban J connectivity index is 1.52. The van der Waals surface area contributed by atoms with Gasteiger partial charge in [-0.25, -0.2) is 0 Å². The van der Waals surface area contributed by atoms with Crippen molar-refractivity contribution in [3.63, 3.8) is 0 Å². The lowest BCUT2D eigenvalue weighted by Crippen LogP contribution is -2.47. The predicted molar refractivity (Wildman–Crippen MR) is 72.2 cm³/mol. The van der Waals surface area contributed by atoms with Crippen molar-refractivity contribution < 1.29 is 0 Å². The minimum Gasteiger partial charge on any atom is -0.310 e. The maximum Gasteiger partial charge on any atom is 0.0249 e. The van der Waals surface area contributed by atoms with Crippen LogP contribution in [0, 0.1) is 5.92 Å². The number of nitrogens with zero attached hydrogens (tertiary/aromatic N) is 1. The number of rotatable bonds is 3. The zero-order valence-electron chi connectivity index (χ0n) is 11.3. The van der Waals surface area contributed by atoms with Gasteiger partial charge in [0.1, 0.15) is 0 Å². The topological polar surface area (TPSA) is 15.3 Å². The molecule has 0 spiro atoms. The molecule has 2 saturated heterocycles. The zero-order valence-corrected chi connectivity index (χ0v) is 11.3. The summed E-state index contributed by atoms with van der Waals surface area (Å²) in [4.78, 5) is 2.74. The Kier molecular flexibility index (Phi) is 3.72. The van der Waals surface area contributed by atoms with Crippen LogP contribution in [0.5, 0.6) is 0 Å². The van der Waals surface area contributed by atoms with Crippen molar-refractivity contribution in [2.24, 2.45) is 5.92 Å². The first-order valence-corrected chi connectivity index (χ1v) is 7.87. The standard InChI is InChI=1S/C15H28N2/c1-2-12-6-7-13(11-12)16-14-8-10-17-9-4-3-5-15(14)17/h12-16H,2-11H2,1H3. The summed E-state index contributed by atoms with van der Waals surface area (Å²) in [6, 6.07) is 2.53. The molecule has 0 aromatic carbocycles. The third-order valence-corrected chi connectivity index (χ3v) is 5.42. The van der Waals surface area contributed by atoms with Crippen LogP contribution in [0.2, 0.25) is 0 Å². The van der Waals surface area contributed by atoms with E-state index in [0.717, 1.165) is 24.0 Å². The number of hydrogen-bond acceptors (Lipinski definition) is 2. The molecule has 3 aliphatic rings. The maximum atomic E-state index is 4.00. The quantitative estimate of drug-likeness (QED) is 0.810. The molecular formula is C15H28N2. The molecule has 0 amide bonds. The lowest BCUT2D eigenvalue weighted by molar-refractivity contribution is 0.176. The Labute approximate surface area is 106 Å². The van der Waals surface area contributed by atoms with Gasteiger partial charge in [-0.2, -0.15) is 0 Å². The molecule has 2 aliphatic heterocycles. The Morgan fingerprint density at radius 2 is 2.00 bits per heavy atom. The van der Waals surface area contributed by atoms with Crippen LogP contribution in [0.25, 0.3) is 0 Å². The van der Waals surface area contributed by atoms with E-state index in [4.69, 9.17) is 0 Å². The first-order chi connectivity index (χ1) is 8.36. The van der Waals surface area contributed by atoms with E-state index < -0.39 is 0 Å². The number of fused-ring (bicyclic) bond motifs is 1. The van der Waals surface area contributed by atoms with E-state index in [1.165, 1.54) is 64.5 Å². The van der Waals surface area contributed by atoms with Crippen molar-refractivity contribution in [3.05, 3.63) is 0 Å². The molecule has 4 unspecified atom stereocenters. The lowest BCUT2D eigenvalue weighted by atomic mass is 9.98. The van der Waals surface area contributed by atoms with Gasteiger partial charge in [0, 0.05) is 24.7 Å². The predicted octanol–water partition coefficient (Wildman–Crippen LogP) is 2.78. The van der Waals surface area contributed by atoms with Crippen LogP contribution in [0.1, 0.15) is 58.3 Å². The SMILES string of the molecule is CCC1CCC(NC2CCN3CCCCC23)C1. The highest BCUT2D eigenvalue weighted by Gasteiger charge is 2.37. The van der Waals surface area contributed by atoms with Crippen molar-refractivity contribution in [1.82, 2.24) is 10.2 Å². The van der Waals surface area contributed by atoms with Gasteiger partial charge in [0.05, 0.1) is 0 Å². The summed E-state index contributed by atoms with van der Waals surface area (Å²) >= 11 is 0. The summed E-state index contributed by atoms with van der Waals surface area (Å²) in [5, 5.41) is 4.00. The molecule has 17 heavy (non-hydrogen) atoms. The highest BCUT2D eigenvalue weighted by Crippen LogP contribution is 2.31. The van der Waals surface area contributed by atoms with E-state index >= 15 is 0 Å². The molecule has 0 aromatic rings. The maximum absolute atomic E-state index is 4.00. The van der Waals surface area contributed by atoms with Crippen molar-refractivity contribution in [2.45, 2.75) is 76.4 Å². The molecule has 3 fully saturated rings. The molecule has 0 aromatic heterocycles. The van der Waals surface area contributed by atoms with E-state index in [1.807, 2.05) is 0 Å². The molecule has 2 nitrogen and oxygen atoms in total. The van der Waals surface area contributed by atoms with E-state index in [0.29, 0.717) is 0 Å². The van der Waals surface area contributed by atoms with E-state index in [1.54, 1.807) is 0 Å². The second kappa shape index (κ2) is 5.27. The Morgan fingerprint density at radius 1 is 1.06 bits per heavy atom. The van der Waals surface area contributed by atoms with Crippen LogP contribution in [-0.4, -0.2) is 36.1 Å². The van der Waals surface area contributed by atoms with Crippen LogP contribution < -0.4 is 5.32 Å². The van der Waals surface area contributed by atoms with Gasteiger partial charge in [-0.05, 0) is 51.0 Å². The second-order valence-corrected chi connectivity index (χ2v) is 6.45. The average Bonchev–Trinajstić information content (AvgIpc) is 2.97. The zero-order chi connectivity index (χ0) is 11.7. The number of nitrogens with one attached hydrogen (secondary N) is 1. The molecule has 4 atom stereocenters. The second-order valence-electron chi connectivity index (χ2n) is 6.45. The highest BCUT2D eigenvalue weighted by molar-refractivity contribution is 4.96. The van der Waals surface area contributed by atoms with Crippen LogP contribution in [-0.2, 0) is 0 Å². The van der Waals surface area contributed by atoms with Crippen LogP contribution in [0.3, 0.4) is 0 Å². The Morgan fingerprint density at radius 3 is 2.82 bits per heavy atom. The minimum absolute atomic E-state index is 0.816. The molecule has 0 bridgehead atoms. The first-order valence-electron chi connectivity index (χ1n) is 7.87. The van der Waals surface area contributed by atoms with Crippen LogP contribution >= 0.6 is 0 Å². The van der Waals surface area contributed by atoms with Crippen LogP contribution in [0.15, 0.2) is 0 Å². The van der Waals surface area contributed by atoms with Gasteiger partial charge in [0.2, 0.25) is 0 Å². The molecule has 0 radical (unpaired) electrons. The molecule has 1 saturated carbocycles. The largest absolute Gasteiger partial charge is 0.310 e. The van der Waals surface area contributed by atoms with E-state index in [-0.39, 0.29) is 0 Å². The van der Waals surface area contributed by atoms with Gasteiger partial charge in [-0.15, -0.1) is 0 Å². The summed E-state index contributed by atoms with van der Waals surface area (Å²) in [7, 11) is 0. The fourth-order valence-corrected chi connectivity index (χ4v) is 4.34. The van der Waals surface area contributed by atoms with Gasteiger partial charge in [0.15, 0.2) is 0 Å². The third-order valence-electron chi connectivity index (χ3n) is 5.42. The summed E-state index contributed by atoms with van der Waals surface area (Å²) in [5.41, 5.74) is 0. The normalized spacial score (nSPS) is 42.9. The Bertz CT molecular complexity index is 253. The van der Waals surface area contributed by atoms with Crippen molar-refractivity contribution >= 4 is 0 Å². The van der Waals surface area contributed by atoms with Gasteiger partial charge in [-0.3, -0.25) is 4.90 Å². The molecule has 2 heterocycles. The van der Waals surface area contributed by atoms with Gasteiger partial charge < -0.3 is 5.32 Å². The van der Waals surface area contributed by atoms with E-state index in [9.17, 15) is 0 Å². The molecule has 1 aliphatic carbocycles. The average molecular weight is 236 g/mol. The monoisotopic (exact) mass is 236 g/mol.